The number of benzene rings is 1. The molecule has 1 saturated heterocycles. The van der Waals surface area contributed by atoms with Crippen LogP contribution in [0, 0.1) is 0 Å². The van der Waals surface area contributed by atoms with Crippen molar-refractivity contribution in [2.24, 2.45) is 4.99 Å². The molecule has 1 aliphatic heterocycles. The van der Waals surface area contributed by atoms with Gasteiger partial charge in [-0.05, 0) is 50.8 Å². The fraction of sp³-hybridized carbons (Fsp3) is 0.667. The summed E-state index contributed by atoms with van der Waals surface area (Å²) < 4.78 is 5.45. The quantitative estimate of drug-likeness (QED) is 0.525. The first-order chi connectivity index (χ1) is 12.7. The summed E-state index contributed by atoms with van der Waals surface area (Å²) in [6, 6.07) is 9.07. The third kappa shape index (κ3) is 7.34. The molecule has 1 heterocycles. The van der Waals surface area contributed by atoms with Crippen LogP contribution in [-0.2, 0) is 17.9 Å². The summed E-state index contributed by atoms with van der Waals surface area (Å²) in [5.41, 5.74) is 2.43. The van der Waals surface area contributed by atoms with E-state index in [2.05, 4.69) is 53.6 Å². The molecule has 1 aromatic carbocycles. The molecule has 1 aliphatic rings. The number of rotatable bonds is 9. The standard InChI is InChI=1S/C21H36N4O/c1-4-13-25-14-11-20(12-15-25)24-21(22-5-2)23-16-18-7-9-19(10-8-18)17-26-6-3/h7-10,20H,4-6,11-17H2,1-3H3,(H2,22,23,24). The van der Waals surface area contributed by atoms with Crippen molar-refractivity contribution in [3.63, 3.8) is 0 Å². The molecular formula is C21H36N4O. The third-order valence-electron chi connectivity index (χ3n) is 4.73. The Kier molecular flexibility index (Phi) is 9.50. The molecule has 0 saturated carbocycles. The van der Waals surface area contributed by atoms with Crippen LogP contribution in [0.1, 0.15) is 51.2 Å². The normalized spacial score (nSPS) is 16.7. The summed E-state index contributed by atoms with van der Waals surface area (Å²) >= 11 is 0. The van der Waals surface area contributed by atoms with Gasteiger partial charge in [-0.3, -0.25) is 0 Å². The van der Waals surface area contributed by atoms with Gasteiger partial charge >= 0.3 is 0 Å². The van der Waals surface area contributed by atoms with E-state index in [1.165, 1.54) is 50.0 Å². The molecule has 1 fully saturated rings. The van der Waals surface area contributed by atoms with Crippen LogP contribution in [0.15, 0.2) is 29.3 Å². The van der Waals surface area contributed by atoms with E-state index in [4.69, 9.17) is 9.73 Å². The topological polar surface area (TPSA) is 48.9 Å². The maximum absolute atomic E-state index is 5.45. The number of hydrogen-bond donors (Lipinski definition) is 2. The Bertz CT molecular complexity index is 521. The monoisotopic (exact) mass is 360 g/mol. The van der Waals surface area contributed by atoms with E-state index in [0.29, 0.717) is 19.2 Å². The minimum Gasteiger partial charge on any atom is -0.377 e. The Morgan fingerprint density at radius 2 is 1.81 bits per heavy atom. The van der Waals surface area contributed by atoms with Crippen molar-refractivity contribution in [1.29, 1.82) is 0 Å². The lowest BCUT2D eigenvalue weighted by atomic mass is 10.1. The second-order valence-corrected chi connectivity index (χ2v) is 6.91. The zero-order chi connectivity index (χ0) is 18.6. The second-order valence-electron chi connectivity index (χ2n) is 6.91. The highest BCUT2D eigenvalue weighted by molar-refractivity contribution is 5.80. The van der Waals surface area contributed by atoms with Gasteiger partial charge in [0.1, 0.15) is 0 Å². The molecule has 26 heavy (non-hydrogen) atoms. The van der Waals surface area contributed by atoms with Crippen LogP contribution in [0.2, 0.25) is 0 Å². The summed E-state index contributed by atoms with van der Waals surface area (Å²) in [5.74, 6) is 0.930. The predicted octanol–water partition coefficient (Wildman–Crippen LogP) is 3.15. The summed E-state index contributed by atoms with van der Waals surface area (Å²) in [4.78, 5) is 7.34. The van der Waals surface area contributed by atoms with E-state index < -0.39 is 0 Å². The molecule has 0 amide bonds. The van der Waals surface area contributed by atoms with Crippen LogP contribution >= 0.6 is 0 Å². The summed E-state index contributed by atoms with van der Waals surface area (Å²) in [7, 11) is 0. The van der Waals surface area contributed by atoms with Crippen molar-refractivity contribution in [3.8, 4) is 0 Å². The lowest BCUT2D eigenvalue weighted by Crippen LogP contribution is -2.48. The van der Waals surface area contributed by atoms with Gasteiger partial charge in [0.2, 0.25) is 0 Å². The van der Waals surface area contributed by atoms with Gasteiger partial charge in [0.15, 0.2) is 5.96 Å². The molecule has 0 aliphatic carbocycles. The average Bonchev–Trinajstić information content (AvgIpc) is 2.67. The SMILES string of the molecule is CCCN1CCC(NC(=NCc2ccc(COCC)cc2)NCC)CC1. The number of guanidine groups is 1. The number of piperidine rings is 1. The summed E-state index contributed by atoms with van der Waals surface area (Å²) in [6.45, 7) is 13.0. The number of ether oxygens (including phenoxy) is 1. The largest absolute Gasteiger partial charge is 0.377 e. The average molecular weight is 361 g/mol. The van der Waals surface area contributed by atoms with E-state index in [1.54, 1.807) is 0 Å². The molecule has 5 nitrogen and oxygen atoms in total. The number of nitrogens with one attached hydrogen (secondary N) is 2. The van der Waals surface area contributed by atoms with E-state index in [-0.39, 0.29) is 0 Å². The highest BCUT2D eigenvalue weighted by Crippen LogP contribution is 2.11. The predicted molar refractivity (Wildman–Crippen MR) is 109 cm³/mol. The minimum absolute atomic E-state index is 0.523. The van der Waals surface area contributed by atoms with E-state index in [0.717, 1.165) is 19.1 Å². The molecule has 5 heteroatoms. The molecular weight excluding hydrogens is 324 g/mol. The van der Waals surface area contributed by atoms with E-state index in [1.807, 2.05) is 6.92 Å². The maximum Gasteiger partial charge on any atom is 0.191 e. The van der Waals surface area contributed by atoms with Gasteiger partial charge in [-0.15, -0.1) is 0 Å². The lowest BCUT2D eigenvalue weighted by molar-refractivity contribution is 0.134. The van der Waals surface area contributed by atoms with Crippen molar-refractivity contribution in [2.45, 2.75) is 59.2 Å². The van der Waals surface area contributed by atoms with Crippen molar-refractivity contribution < 1.29 is 4.74 Å². The molecule has 0 atom stereocenters. The Balaban J connectivity index is 1.84. The molecule has 0 spiro atoms. The molecule has 0 aromatic heterocycles. The molecule has 2 N–H and O–H groups in total. The first-order valence-corrected chi connectivity index (χ1v) is 10.2. The fourth-order valence-corrected chi connectivity index (χ4v) is 3.26. The van der Waals surface area contributed by atoms with Gasteiger partial charge in [0, 0.05) is 32.3 Å². The third-order valence-corrected chi connectivity index (χ3v) is 4.73. The highest BCUT2D eigenvalue weighted by atomic mass is 16.5. The van der Waals surface area contributed by atoms with Crippen LogP contribution in [0.3, 0.4) is 0 Å². The Morgan fingerprint density at radius 3 is 2.42 bits per heavy atom. The van der Waals surface area contributed by atoms with Crippen molar-refractivity contribution in [1.82, 2.24) is 15.5 Å². The minimum atomic E-state index is 0.523. The zero-order valence-corrected chi connectivity index (χ0v) is 16.8. The van der Waals surface area contributed by atoms with Crippen LogP contribution in [0.25, 0.3) is 0 Å². The van der Waals surface area contributed by atoms with Gasteiger partial charge in [0.25, 0.3) is 0 Å². The van der Waals surface area contributed by atoms with E-state index in [9.17, 15) is 0 Å². The van der Waals surface area contributed by atoms with Gasteiger partial charge in [0.05, 0.1) is 13.2 Å². The smallest absolute Gasteiger partial charge is 0.191 e. The Hall–Kier alpha value is -1.59. The number of hydrogen-bond acceptors (Lipinski definition) is 3. The van der Waals surface area contributed by atoms with Gasteiger partial charge in [-0.1, -0.05) is 31.2 Å². The zero-order valence-electron chi connectivity index (χ0n) is 16.8. The molecule has 1 aromatic rings. The van der Waals surface area contributed by atoms with E-state index >= 15 is 0 Å². The molecule has 146 valence electrons. The second kappa shape index (κ2) is 11.9. The van der Waals surface area contributed by atoms with Crippen molar-refractivity contribution in [3.05, 3.63) is 35.4 Å². The number of nitrogens with zero attached hydrogens (tertiary/aromatic N) is 2. The highest BCUT2D eigenvalue weighted by Gasteiger charge is 2.19. The van der Waals surface area contributed by atoms with Crippen LogP contribution < -0.4 is 10.6 Å². The first-order valence-electron chi connectivity index (χ1n) is 10.2. The number of aliphatic imine (C=N–C) groups is 1. The van der Waals surface area contributed by atoms with Gasteiger partial charge in [-0.25, -0.2) is 4.99 Å². The first kappa shape index (κ1) is 20.7. The van der Waals surface area contributed by atoms with Crippen molar-refractivity contribution in [2.75, 3.05) is 32.8 Å². The Morgan fingerprint density at radius 1 is 1.12 bits per heavy atom. The van der Waals surface area contributed by atoms with Crippen LogP contribution in [-0.4, -0.2) is 49.7 Å². The van der Waals surface area contributed by atoms with Gasteiger partial charge < -0.3 is 20.3 Å². The molecule has 2 rings (SSSR count). The molecule has 0 bridgehead atoms. The van der Waals surface area contributed by atoms with Crippen LogP contribution in [0.5, 0.6) is 0 Å². The summed E-state index contributed by atoms with van der Waals surface area (Å²) in [5, 5.41) is 7.00. The summed E-state index contributed by atoms with van der Waals surface area (Å²) in [6.07, 6.45) is 3.62. The number of likely N-dealkylation sites (tertiary alicyclic amines) is 1. The van der Waals surface area contributed by atoms with Crippen LogP contribution in [0.4, 0.5) is 0 Å². The maximum atomic E-state index is 5.45. The van der Waals surface area contributed by atoms with Gasteiger partial charge in [-0.2, -0.15) is 0 Å². The fourth-order valence-electron chi connectivity index (χ4n) is 3.26. The lowest BCUT2D eigenvalue weighted by Gasteiger charge is -2.32. The van der Waals surface area contributed by atoms with Crippen molar-refractivity contribution >= 4 is 5.96 Å². The molecule has 0 radical (unpaired) electrons. The molecule has 0 unspecified atom stereocenters. The Labute approximate surface area is 159 Å².